The van der Waals surface area contributed by atoms with E-state index in [-0.39, 0.29) is 17.5 Å². The number of hydrogen-bond acceptors (Lipinski definition) is 8. The number of hydrazine groups is 1. The van der Waals surface area contributed by atoms with Crippen LogP contribution < -0.4 is 16.2 Å². The highest BCUT2D eigenvalue weighted by atomic mass is 16.6. The fourth-order valence-corrected chi connectivity index (χ4v) is 1.84. The van der Waals surface area contributed by atoms with Crippen molar-refractivity contribution in [2.24, 2.45) is 5.84 Å². The van der Waals surface area contributed by atoms with Crippen molar-refractivity contribution in [3.8, 4) is 0 Å². The first-order chi connectivity index (χ1) is 10.2. The van der Waals surface area contributed by atoms with Crippen molar-refractivity contribution >= 4 is 17.5 Å². The molecule has 0 radical (unpaired) electrons. The summed E-state index contributed by atoms with van der Waals surface area (Å²) >= 11 is 0. The van der Waals surface area contributed by atoms with Gasteiger partial charge < -0.3 is 4.90 Å². The Hall–Kier alpha value is -2.81. The van der Waals surface area contributed by atoms with Crippen molar-refractivity contribution in [2.45, 2.75) is 13.5 Å². The van der Waals surface area contributed by atoms with Gasteiger partial charge in [-0.15, -0.1) is 0 Å². The van der Waals surface area contributed by atoms with Gasteiger partial charge in [0.25, 0.3) is 0 Å². The van der Waals surface area contributed by atoms with Crippen LogP contribution in [0.2, 0.25) is 0 Å². The largest absolute Gasteiger partial charge is 0.347 e. The van der Waals surface area contributed by atoms with E-state index in [0.717, 1.165) is 11.8 Å². The van der Waals surface area contributed by atoms with Gasteiger partial charge in [-0.05, 0) is 24.6 Å². The van der Waals surface area contributed by atoms with Crippen LogP contribution in [0.25, 0.3) is 0 Å². The van der Waals surface area contributed by atoms with Crippen LogP contribution in [0.1, 0.15) is 12.5 Å². The quantitative estimate of drug-likeness (QED) is 0.460. The molecule has 110 valence electrons. The third-order valence-corrected chi connectivity index (χ3v) is 2.88. The second-order valence-corrected chi connectivity index (χ2v) is 4.17. The fourth-order valence-electron chi connectivity index (χ4n) is 1.84. The molecule has 0 unspecified atom stereocenters. The van der Waals surface area contributed by atoms with Crippen LogP contribution in [0, 0.1) is 10.1 Å². The maximum absolute atomic E-state index is 11.1. The highest BCUT2D eigenvalue weighted by molar-refractivity contribution is 5.58. The Bertz CT molecular complexity index is 620. The van der Waals surface area contributed by atoms with Gasteiger partial charge in [-0.3, -0.25) is 20.5 Å². The van der Waals surface area contributed by atoms with Gasteiger partial charge in [-0.25, -0.2) is 10.8 Å². The lowest BCUT2D eigenvalue weighted by atomic mass is 10.2. The zero-order chi connectivity index (χ0) is 15.2. The van der Waals surface area contributed by atoms with Gasteiger partial charge in [0.2, 0.25) is 11.8 Å². The smallest absolute Gasteiger partial charge is 0.329 e. The summed E-state index contributed by atoms with van der Waals surface area (Å²) in [5.74, 6) is 5.62. The van der Waals surface area contributed by atoms with Gasteiger partial charge in [0.05, 0.1) is 4.92 Å². The lowest BCUT2D eigenvalue weighted by Crippen LogP contribution is -2.25. The molecule has 0 amide bonds. The average molecular weight is 289 g/mol. The predicted molar refractivity (Wildman–Crippen MR) is 77.5 cm³/mol. The van der Waals surface area contributed by atoms with Gasteiger partial charge in [0.1, 0.15) is 6.20 Å². The molecule has 2 rings (SSSR count). The van der Waals surface area contributed by atoms with Crippen LogP contribution in [0.3, 0.4) is 0 Å². The van der Waals surface area contributed by atoms with E-state index in [1.165, 1.54) is 0 Å². The van der Waals surface area contributed by atoms with E-state index in [0.29, 0.717) is 13.1 Å². The van der Waals surface area contributed by atoms with E-state index in [4.69, 9.17) is 5.84 Å². The number of pyridine rings is 1. The van der Waals surface area contributed by atoms with Crippen LogP contribution >= 0.6 is 0 Å². The van der Waals surface area contributed by atoms with Crippen LogP contribution in [-0.2, 0) is 6.54 Å². The molecule has 0 fully saturated rings. The zero-order valence-corrected chi connectivity index (χ0v) is 11.4. The summed E-state index contributed by atoms with van der Waals surface area (Å²) < 4.78 is 0. The van der Waals surface area contributed by atoms with Crippen molar-refractivity contribution in [2.75, 3.05) is 16.9 Å². The van der Waals surface area contributed by atoms with Gasteiger partial charge in [0, 0.05) is 25.5 Å². The van der Waals surface area contributed by atoms with E-state index >= 15 is 0 Å². The highest BCUT2D eigenvalue weighted by Gasteiger charge is 2.22. The van der Waals surface area contributed by atoms with Crippen molar-refractivity contribution in [3.63, 3.8) is 0 Å². The van der Waals surface area contributed by atoms with Crippen molar-refractivity contribution in [3.05, 3.63) is 46.4 Å². The second-order valence-electron chi connectivity index (χ2n) is 4.17. The molecule has 0 aromatic carbocycles. The van der Waals surface area contributed by atoms with E-state index in [1.54, 1.807) is 17.3 Å². The van der Waals surface area contributed by atoms with Gasteiger partial charge in [0.15, 0.2) is 0 Å². The third kappa shape index (κ3) is 3.39. The topological polar surface area (TPSA) is 123 Å². The number of nitro groups is 1. The SMILES string of the molecule is CCN(Cc1ccncc1)c1nc(NN)ncc1[N+](=O)[O-]. The molecular weight excluding hydrogens is 274 g/mol. The number of anilines is 2. The van der Waals surface area contributed by atoms with E-state index in [2.05, 4.69) is 20.4 Å². The first-order valence-corrected chi connectivity index (χ1v) is 6.27. The van der Waals surface area contributed by atoms with E-state index in [1.807, 2.05) is 19.1 Å². The molecule has 2 aromatic rings. The number of aromatic nitrogens is 3. The first kappa shape index (κ1) is 14.6. The average Bonchev–Trinajstić information content (AvgIpc) is 2.52. The molecule has 2 heterocycles. The number of nitrogens with two attached hydrogens (primary N) is 1. The Kier molecular flexibility index (Phi) is 4.57. The highest BCUT2D eigenvalue weighted by Crippen LogP contribution is 2.27. The summed E-state index contributed by atoms with van der Waals surface area (Å²) in [5.41, 5.74) is 3.11. The molecule has 9 heteroatoms. The summed E-state index contributed by atoms with van der Waals surface area (Å²) in [6.07, 6.45) is 4.49. The second kappa shape index (κ2) is 6.57. The maximum atomic E-state index is 11.1. The summed E-state index contributed by atoms with van der Waals surface area (Å²) in [6.45, 7) is 2.91. The van der Waals surface area contributed by atoms with Gasteiger partial charge in [-0.2, -0.15) is 4.98 Å². The van der Waals surface area contributed by atoms with Gasteiger partial charge >= 0.3 is 5.69 Å². The molecule has 21 heavy (non-hydrogen) atoms. The minimum atomic E-state index is -0.509. The fraction of sp³-hybridized carbons (Fsp3) is 0.250. The van der Waals surface area contributed by atoms with Crippen LogP contribution in [-0.4, -0.2) is 26.4 Å². The van der Waals surface area contributed by atoms with Crippen molar-refractivity contribution in [1.82, 2.24) is 15.0 Å². The minimum Gasteiger partial charge on any atom is -0.347 e. The number of hydrogen-bond donors (Lipinski definition) is 2. The molecule has 0 atom stereocenters. The summed E-state index contributed by atoms with van der Waals surface area (Å²) in [6, 6.07) is 3.69. The summed E-state index contributed by atoms with van der Waals surface area (Å²) in [4.78, 5) is 24.2. The normalized spacial score (nSPS) is 10.2. The van der Waals surface area contributed by atoms with E-state index < -0.39 is 4.92 Å². The Morgan fingerprint density at radius 2 is 2.14 bits per heavy atom. The lowest BCUT2D eigenvalue weighted by Gasteiger charge is -2.21. The summed E-state index contributed by atoms with van der Waals surface area (Å²) in [5, 5.41) is 11.1. The number of nitrogen functional groups attached to an aromatic ring is 1. The Morgan fingerprint density at radius 3 is 2.71 bits per heavy atom. The minimum absolute atomic E-state index is 0.128. The zero-order valence-electron chi connectivity index (χ0n) is 11.4. The Morgan fingerprint density at radius 1 is 1.43 bits per heavy atom. The van der Waals surface area contributed by atoms with Gasteiger partial charge in [-0.1, -0.05) is 0 Å². The lowest BCUT2D eigenvalue weighted by molar-refractivity contribution is -0.384. The van der Waals surface area contributed by atoms with Crippen LogP contribution in [0.4, 0.5) is 17.5 Å². The summed E-state index contributed by atoms with van der Waals surface area (Å²) in [7, 11) is 0. The van der Waals surface area contributed by atoms with Crippen molar-refractivity contribution in [1.29, 1.82) is 0 Å². The third-order valence-electron chi connectivity index (χ3n) is 2.88. The molecule has 0 aliphatic carbocycles. The molecule has 3 N–H and O–H groups in total. The number of nitrogens with one attached hydrogen (secondary N) is 1. The van der Waals surface area contributed by atoms with Crippen molar-refractivity contribution < 1.29 is 4.92 Å². The number of nitrogens with zero attached hydrogens (tertiary/aromatic N) is 5. The molecule has 0 spiro atoms. The molecule has 0 aliphatic heterocycles. The molecule has 9 nitrogen and oxygen atoms in total. The van der Waals surface area contributed by atoms with Crippen LogP contribution in [0.15, 0.2) is 30.7 Å². The molecule has 0 saturated heterocycles. The molecule has 2 aromatic heterocycles. The Labute approximate surface area is 121 Å². The molecular formula is C12H15N7O2. The van der Waals surface area contributed by atoms with Crippen LogP contribution in [0.5, 0.6) is 0 Å². The molecule has 0 aliphatic rings. The first-order valence-electron chi connectivity index (χ1n) is 6.27. The number of rotatable bonds is 6. The predicted octanol–water partition coefficient (Wildman–Crippen LogP) is 1.09. The molecule has 0 bridgehead atoms. The molecule has 0 saturated carbocycles. The monoisotopic (exact) mass is 289 g/mol. The maximum Gasteiger partial charge on any atom is 0.329 e. The standard InChI is InChI=1S/C12H15N7O2/c1-2-18(8-9-3-5-14-6-4-9)11-10(19(20)21)7-15-12(16-11)17-13/h3-7H,2,8,13H2,1H3,(H,15,16,17). The van der Waals surface area contributed by atoms with E-state index in [9.17, 15) is 10.1 Å². The Balaban J connectivity index is 2.38.